The second kappa shape index (κ2) is 4.97. The predicted molar refractivity (Wildman–Crippen MR) is 61.8 cm³/mol. The Balaban J connectivity index is 2.19. The van der Waals surface area contributed by atoms with E-state index in [-0.39, 0.29) is 12.0 Å². The number of hydrogen-bond donors (Lipinski definition) is 0. The Morgan fingerprint density at radius 2 is 2.18 bits per heavy atom. The summed E-state index contributed by atoms with van der Waals surface area (Å²) >= 11 is 1.81. The zero-order valence-corrected chi connectivity index (χ0v) is 10.8. The summed E-state index contributed by atoms with van der Waals surface area (Å²) < 4.78 is 48.4. The molecule has 0 aromatic carbocycles. The van der Waals surface area contributed by atoms with E-state index in [0.717, 1.165) is 6.07 Å². The summed E-state index contributed by atoms with van der Waals surface area (Å²) in [4.78, 5) is 3.46. The zero-order chi connectivity index (χ0) is 12.5. The molecule has 1 aromatic heterocycles. The monoisotopic (exact) mass is 359 g/mol. The van der Waals surface area contributed by atoms with Gasteiger partial charge in [-0.15, -0.1) is 0 Å². The zero-order valence-electron chi connectivity index (χ0n) is 8.63. The van der Waals surface area contributed by atoms with Crippen LogP contribution in [0.15, 0.2) is 12.1 Å². The fraction of sp³-hybridized carbons (Fsp3) is 0.500. The van der Waals surface area contributed by atoms with E-state index in [1.807, 2.05) is 0 Å². The summed E-state index contributed by atoms with van der Waals surface area (Å²) in [6.45, 7) is 0.967. The molecule has 17 heavy (non-hydrogen) atoms. The van der Waals surface area contributed by atoms with Crippen molar-refractivity contribution >= 4 is 22.6 Å². The van der Waals surface area contributed by atoms with Crippen LogP contribution in [-0.4, -0.2) is 24.3 Å². The molecule has 0 saturated carbocycles. The Morgan fingerprint density at radius 1 is 1.41 bits per heavy atom. The largest absolute Gasteiger partial charge is 0.472 e. The average Bonchev–Trinajstić information content (AvgIpc) is 2.68. The lowest BCUT2D eigenvalue weighted by Gasteiger charge is -2.13. The van der Waals surface area contributed by atoms with Gasteiger partial charge in [0.05, 0.1) is 13.2 Å². The van der Waals surface area contributed by atoms with Crippen molar-refractivity contribution in [3.63, 3.8) is 0 Å². The molecule has 1 fully saturated rings. The number of pyridine rings is 1. The van der Waals surface area contributed by atoms with Gasteiger partial charge in [-0.2, -0.15) is 13.2 Å². The van der Waals surface area contributed by atoms with Crippen LogP contribution in [0.1, 0.15) is 12.1 Å². The molecular formula is C10H9F3INO2. The normalized spacial score (nSPS) is 20.6. The van der Waals surface area contributed by atoms with Gasteiger partial charge < -0.3 is 9.47 Å². The van der Waals surface area contributed by atoms with Gasteiger partial charge >= 0.3 is 6.18 Å². The number of alkyl halides is 3. The van der Waals surface area contributed by atoms with Crippen molar-refractivity contribution in [2.24, 2.45) is 0 Å². The van der Waals surface area contributed by atoms with Crippen LogP contribution in [-0.2, 0) is 10.9 Å². The third kappa shape index (κ3) is 3.44. The summed E-state index contributed by atoms with van der Waals surface area (Å²) in [6.07, 6.45) is -3.98. The van der Waals surface area contributed by atoms with Crippen molar-refractivity contribution in [2.45, 2.75) is 18.7 Å². The van der Waals surface area contributed by atoms with E-state index in [9.17, 15) is 13.2 Å². The molecule has 1 unspecified atom stereocenters. The van der Waals surface area contributed by atoms with E-state index in [0.29, 0.717) is 23.2 Å². The second-order valence-electron chi connectivity index (χ2n) is 3.61. The minimum Gasteiger partial charge on any atom is -0.472 e. The Bertz CT molecular complexity index is 405. The molecule has 1 aliphatic heterocycles. The van der Waals surface area contributed by atoms with Gasteiger partial charge in [-0.05, 0) is 28.7 Å². The van der Waals surface area contributed by atoms with E-state index >= 15 is 0 Å². The smallest absolute Gasteiger partial charge is 0.433 e. The highest BCUT2D eigenvalue weighted by Gasteiger charge is 2.33. The topological polar surface area (TPSA) is 31.4 Å². The summed E-state index contributed by atoms with van der Waals surface area (Å²) in [6, 6.07) is 2.46. The molecule has 2 rings (SSSR count). The van der Waals surface area contributed by atoms with Crippen LogP contribution in [0.5, 0.6) is 5.88 Å². The highest BCUT2D eigenvalue weighted by Crippen LogP contribution is 2.30. The van der Waals surface area contributed by atoms with Crippen LogP contribution in [0.3, 0.4) is 0 Å². The van der Waals surface area contributed by atoms with Crippen molar-refractivity contribution in [3.05, 3.63) is 21.4 Å². The lowest BCUT2D eigenvalue weighted by Crippen LogP contribution is -2.18. The molecule has 3 nitrogen and oxygen atoms in total. The summed E-state index contributed by atoms with van der Waals surface area (Å²) in [5, 5.41) is 0. The lowest BCUT2D eigenvalue weighted by atomic mass is 10.3. The summed E-state index contributed by atoms with van der Waals surface area (Å²) in [5.41, 5.74) is -0.932. The van der Waals surface area contributed by atoms with Crippen LogP contribution in [0, 0.1) is 3.57 Å². The Kier molecular flexibility index (Phi) is 3.76. The maximum atomic E-state index is 12.5. The standard InChI is InChI=1S/C10H9F3INO2/c11-10(12,13)8-3-6(14)4-9(15-8)17-7-1-2-16-5-7/h3-4,7H,1-2,5H2. The summed E-state index contributed by atoms with van der Waals surface area (Å²) in [5.74, 6) is -0.000255. The fourth-order valence-electron chi connectivity index (χ4n) is 1.46. The van der Waals surface area contributed by atoms with Gasteiger partial charge in [-0.3, -0.25) is 0 Å². The van der Waals surface area contributed by atoms with Crippen molar-refractivity contribution in [1.29, 1.82) is 0 Å². The first-order valence-electron chi connectivity index (χ1n) is 4.94. The van der Waals surface area contributed by atoms with E-state index in [1.165, 1.54) is 6.07 Å². The van der Waals surface area contributed by atoms with E-state index in [4.69, 9.17) is 9.47 Å². The number of aromatic nitrogens is 1. The Hall–Kier alpha value is -0.570. The van der Waals surface area contributed by atoms with Crippen LogP contribution in [0.2, 0.25) is 0 Å². The van der Waals surface area contributed by atoms with Crippen LogP contribution < -0.4 is 4.74 Å². The molecule has 7 heteroatoms. The third-order valence-corrected chi connectivity index (χ3v) is 2.86. The van der Waals surface area contributed by atoms with Crippen molar-refractivity contribution < 1.29 is 22.6 Å². The van der Waals surface area contributed by atoms with E-state index < -0.39 is 11.9 Å². The minimum atomic E-state index is -4.45. The maximum Gasteiger partial charge on any atom is 0.433 e. The Morgan fingerprint density at radius 3 is 2.76 bits per heavy atom. The summed E-state index contributed by atoms with van der Waals surface area (Å²) in [7, 11) is 0. The predicted octanol–water partition coefficient (Wildman–Crippen LogP) is 2.87. The average molecular weight is 359 g/mol. The lowest BCUT2D eigenvalue weighted by molar-refractivity contribution is -0.141. The number of nitrogens with zero attached hydrogens (tertiary/aromatic N) is 1. The van der Waals surface area contributed by atoms with Gasteiger partial charge in [0.15, 0.2) is 0 Å². The first-order chi connectivity index (χ1) is 7.95. The minimum absolute atomic E-state index is 0.000255. The SMILES string of the molecule is FC(F)(F)c1cc(I)cc(OC2CCOC2)n1. The van der Waals surface area contributed by atoms with Crippen molar-refractivity contribution in [2.75, 3.05) is 13.2 Å². The molecule has 2 heterocycles. The van der Waals surface area contributed by atoms with Gasteiger partial charge in [0.2, 0.25) is 5.88 Å². The van der Waals surface area contributed by atoms with Crippen LogP contribution in [0.4, 0.5) is 13.2 Å². The molecule has 0 bridgehead atoms. The molecule has 0 amide bonds. The Labute approximate surface area is 109 Å². The number of halogens is 4. The number of ether oxygens (including phenoxy) is 2. The first-order valence-corrected chi connectivity index (χ1v) is 6.02. The first kappa shape index (κ1) is 12.9. The molecule has 0 radical (unpaired) electrons. The maximum absolute atomic E-state index is 12.5. The van der Waals surface area contributed by atoms with E-state index in [2.05, 4.69) is 4.98 Å². The van der Waals surface area contributed by atoms with Gasteiger partial charge in [0.1, 0.15) is 11.8 Å². The quantitative estimate of drug-likeness (QED) is 0.762. The third-order valence-electron chi connectivity index (χ3n) is 2.23. The number of hydrogen-bond acceptors (Lipinski definition) is 3. The van der Waals surface area contributed by atoms with Gasteiger partial charge in [0.25, 0.3) is 0 Å². The van der Waals surface area contributed by atoms with Gasteiger partial charge in [-0.1, -0.05) is 0 Å². The molecule has 1 saturated heterocycles. The molecule has 94 valence electrons. The highest BCUT2D eigenvalue weighted by atomic mass is 127. The van der Waals surface area contributed by atoms with Crippen molar-refractivity contribution in [1.82, 2.24) is 4.98 Å². The molecule has 1 aliphatic rings. The van der Waals surface area contributed by atoms with Crippen LogP contribution >= 0.6 is 22.6 Å². The molecule has 0 aliphatic carbocycles. The molecule has 0 N–H and O–H groups in total. The van der Waals surface area contributed by atoms with Gasteiger partial charge in [-0.25, -0.2) is 4.98 Å². The second-order valence-corrected chi connectivity index (χ2v) is 4.86. The molecule has 1 atom stereocenters. The van der Waals surface area contributed by atoms with E-state index in [1.54, 1.807) is 22.6 Å². The molecule has 1 aromatic rings. The highest BCUT2D eigenvalue weighted by molar-refractivity contribution is 14.1. The fourth-order valence-corrected chi connectivity index (χ4v) is 2.02. The number of rotatable bonds is 2. The molecular weight excluding hydrogens is 350 g/mol. The van der Waals surface area contributed by atoms with Gasteiger partial charge in [0, 0.05) is 16.1 Å². The van der Waals surface area contributed by atoms with Crippen LogP contribution in [0.25, 0.3) is 0 Å². The van der Waals surface area contributed by atoms with Crippen molar-refractivity contribution in [3.8, 4) is 5.88 Å². The molecule has 0 spiro atoms.